The molecule has 0 unspecified atom stereocenters. The summed E-state index contributed by atoms with van der Waals surface area (Å²) in [5.41, 5.74) is 0.215. The topological polar surface area (TPSA) is 71.5 Å². The van der Waals surface area contributed by atoms with E-state index in [1.54, 1.807) is 11.1 Å². The number of pyridine rings is 1. The molecule has 132 valence electrons. The Kier molecular flexibility index (Phi) is 6.21. The van der Waals surface area contributed by atoms with Gasteiger partial charge in [0.15, 0.2) is 0 Å². The van der Waals surface area contributed by atoms with Gasteiger partial charge in [-0.15, -0.1) is 0 Å². The van der Waals surface area contributed by atoms with Gasteiger partial charge >= 0.3 is 6.09 Å². The largest absolute Gasteiger partial charge is 0.444 e. The van der Waals surface area contributed by atoms with Gasteiger partial charge in [-0.05, 0) is 61.7 Å². The first-order valence-electron chi connectivity index (χ1n) is 8.10. The van der Waals surface area contributed by atoms with Crippen LogP contribution in [0.4, 0.5) is 4.79 Å². The summed E-state index contributed by atoms with van der Waals surface area (Å²) in [4.78, 5) is 30.3. The lowest BCUT2D eigenvalue weighted by molar-refractivity contribution is -0.131. The second kappa shape index (κ2) is 7.96. The van der Waals surface area contributed by atoms with Crippen molar-refractivity contribution in [2.45, 2.75) is 51.7 Å². The number of amides is 2. The Morgan fingerprint density at radius 1 is 1.42 bits per heavy atom. The normalized spacial score (nSPS) is 18.2. The Labute approximate surface area is 151 Å². The van der Waals surface area contributed by atoms with Crippen molar-refractivity contribution in [1.29, 1.82) is 0 Å². The molecule has 0 aromatic carbocycles. The minimum atomic E-state index is -0.526. The molecular formula is C17H24BrN3O3. The molecule has 2 rings (SSSR count). The zero-order chi connectivity index (χ0) is 17.7. The molecule has 1 aromatic heterocycles. The van der Waals surface area contributed by atoms with E-state index in [0.717, 1.165) is 23.0 Å². The number of nitrogens with one attached hydrogen (secondary N) is 1. The van der Waals surface area contributed by atoms with Crippen molar-refractivity contribution < 1.29 is 14.3 Å². The number of nitrogens with zero attached hydrogens (tertiary/aromatic N) is 2. The Hall–Kier alpha value is -1.63. The molecule has 6 nitrogen and oxygen atoms in total. The summed E-state index contributed by atoms with van der Waals surface area (Å²) in [5.74, 6) is 0.0283. The van der Waals surface area contributed by atoms with Crippen LogP contribution in [0.1, 0.15) is 39.3 Å². The number of halogens is 1. The van der Waals surface area contributed by atoms with Crippen LogP contribution in [0.3, 0.4) is 0 Å². The highest BCUT2D eigenvalue weighted by molar-refractivity contribution is 9.10. The Balaban J connectivity index is 1.86. The molecular weight excluding hydrogens is 374 g/mol. The van der Waals surface area contributed by atoms with Crippen molar-refractivity contribution >= 4 is 27.9 Å². The van der Waals surface area contributed by atoms with E-state index < -0.39 is 11.7 Å². The van der Waals surface area contributed by atoms with Gasteiger partial charge < -0.3 is 15.0 Å². The maximum atomic E-state index is 12.4. The number of aromatic nitrogens is 1. The van der Waals surface area contributed by atoms with E-state index in [4.69, 9.17) is 4.74 Å². The van der Waals surface area contributed by atoms with Gasteiger partial charge in [-0.1, -0.05) is 0 Å². The number of hydrogen-bond acceptors (Lipinski definition) is 4. The summed E-state index contributed by atoms with van der Waals surface area (Å²) in [6, 6.07) is 3.64. The summed E-state index contributed by atoms with van der Waals surface area (Å²) in [6.07, 6.45) is 3.23. The molecule has 0 bridgehead atoms. The first kappa shape index (κ1) is 18.7. The van der Waals surface area contributed by atoms with E-state index in [2.05, 4.69) is 26.2 Å². The maximum absolute atomic E-state index is 12.4. The van der Waals surface area contributed by atoms with Crippen LogP contribution in [-0.2, 0) is 16.0 Å². The predicted molar refractivity (Wildman–Crippen MR) is 94.6 cm³/mol. The van der Waals surface area contributed by atoms with Gasteiger partial charge in [0.05, 0.1) is 6.42 Å². The van der Waals surface area contributed by atoms with Crippen LogP contribution in [0, 0.1) is 0 Å². The fourth-order valence-corrected chi connectivity index (χ4v) is 2.81. The van der Waals surface area contributed by atoms with E-state index in [9.17, 15) is 9.59 Å². The van der Waals surface area contributed by atoms with Gasteiger partial charge in [-0.3, -0.25) is 9.78 Å². The second-order valence-corrected chi connectivity index (χ2v) is 7.89. The number of likely N-dealkylation sites (tertiary alicyclic amines) is 1. The highest BCUT2D eigenvalue weighted by Crippen LogP contribution is 2.14. The predicted octanol–water partition coefficient (Wildman–Crippen LogP) is 2.90. The van der Waals surface area contributed by atoms with E-state index in [-0.39, 0.29) is 18.4 Å². The van der Waals surface area contributed by atoms with Gasteiger partial charge in [0, 0.05) is 35.5 Å². The van der Waals surface area contributed by atoms with Gasteiger partial charge in [-0.2, -0.15) is 0 Å². The number of rotatable bonds is 3. The number of hydrogen-bond donors (Lipinski definition) is 1. The summed E-state index contributed by atoms with van der Waals surface area (Å²) < 4.78 is 6.16. The highest BCUT2D eigenvalue weighted by Gasteiger charge is 2.26. The van der Waals surface area contributed by atoms with Gasteiger partial charge in [0.1, 0.15) is 5.60 Å². The van der Waals surface area contributed by atoms with Crippen LogP contribution < -0.4 is 5.32 Å². The van der Waals surface area contributed by atoms with Crippen molar-refractivity contribution in [1.82, 2.24) is 15.2 Å². The summed E-state index contributed by atoms with van der Waals surface area (Å²) >= 11 is 3.33. The summed E-state index contributed by atoms with van der Waals surface area (Å²) in [6.45, 7) is 6.70. The number of piperidine rings is 1. The molecule has 2 heterocycles. The first-order valence-corrected chi connectivity index (χ1v) is 8.90. The number of carbonyl (C=O) groups is 2. The third-order valence-corrected chi connectivity index (χ3v) is 4.09. The molecule has 0 saturated carbocycles. The Morgan fingerprint density at radius 3 is 2.79 bits per heavy atom. The zero-order valence-corrected chi connectivity index (χ0v) is 15.9. The molecule has 1 aliphatic heterocycles. The molecule has 24 heavy (non-hydrogen) atoms. The highest BCUT2D eigenvalue weighted by atomic mass is 79.9. The molecule has 1 fully saturated rings. The molecule has 1 aromatic rings. The lowest BCUT2D eigenvalue weighted by Crippen LogP contribution is -2.50. The van der Waals surface area contributed by atoms with Crippen LogP contribution >= 0.6 is 15.9 Å². The van der Waals surface area contributed by atoms with Crippen LogP contribution in [0.15, 0.2) is 22.8 Å². The van der Waals surface area contributed by atoms with Crippen LogP contribution in [0.5, 0.6) is 0 Å². The molecule has 0 spiro atoms. The summed E-state index contributed by atoms with van der Waals surface area (Å²) in [5, 5.41) is 2.85. The van der Waals surface area contributed by atoms with Gasteiger partial charge in [0.2, 0.25) is 5.91 Å². The Morgan fingerprint density at radius 2 is 2.17 bits per heavy atom. The van der Waals surface area contributed by atoms with Crippen molar-refractivity contribution in [3.05, 3.63) is 28.5 Å². The lowest BCUT2D eigenvalue weighted by atomic mass is 10.1. The van der Waals surface area contributed by atoms with Crippen molar-refractivity contribution in [2.75, 3.05) is 13.1 Å². The molecule has 1 N–H and O–H groups in total. The monoisotopic (exact) mass is 397 g/mol. The number of ether oxygens (including phenoxy) is 1. The van der Waals surface area contributed by atoms with Crippen molar-refractivity contribution in [3.8, 4) is 0 Å². The van der Waals surface area contributed by atoms with Crippen LogP contribution in [0.2, 0.25) is 0 Å². The number of carbonyl (C=O) groups excluding carboxylic acids is 2. The molecule has 0 aliphatic carbocycles. The SMILES string of the molecule is CC(C)(C)OC(=O)N[C@H]1CCCN(C(=O)Cc2ccc(Br)cn2)C1. The van der Waals surface area contributed by atoms with E-state index in [1.807, 2.05) is 32.9 Å². The fourth-order valence-electron chi connectivity index (χ4n) is 2.57. The van der Waals surface area contributed by atoms with Crippen molar-refractivity contribution in [3.63, 3.8) is 0 Å². The molecule has 1 atom stereocenters. The molecule has 7 heteroatoms. The second-order valence-electron chi connectivity index (χ2n) is 6.97. The lowest BCUT2D eigenvalue weighted by Gasteiger charge is -2.33. The minimum Gasteiger partial charge on any atom is -0.444 e. The van der Waals surface area contributed by atoms with Crippen LogP contribution in [-0.4, -0.2) is 46.6 Å². The molecule has 1 aliphatic rings. The Bertz CT molecular complexity index is 584. The smallest absolute Gasteiger partial charge is 0.407 e. The van der Waals surface area contributed by atoms with E-state index in [1.165, 1.54) is 0 Å². The maximum Gasteiger partial charge on any atom is 0.407 e. The molecule has 0 radical (unpaired) electrons. The standard InChI is InChI=1S/C17H24BrN3O3/c1-17(2,3)24-16(23)20-14-5-4-8-21(11-14)15(22)9-13-7-6-12(18)10-19-13/h6-7,10,14H,4-5,8-9,11H2,1-3H3,(H,20,23)/t14-/m0/s1. The fraction of sp³-hybridized carbons (Fsp3) is 0.588. The molecule has 1 saturated heterocycles. The average Bonchev–Trinajstić information content (AvgIpc) is 2.48. The summed E-state index contributed by atoms with van der Waals surface area (Å²) in [7, 11) is 0. The van der Waals surface area contributed by atoms with Gasteiger partial charge in [0.25, 0.3) is 0 Å². The quantitative estimate of drug-likeness (QED) is 0.850. The first-order chi connectivity index (χ1) is 11.2. The van der Waals surface area contributed by atoms with Crippen molar-refractivity contribution in [2.24, 2.45) is 0 Å². The van der Waals surface area contributed by atoms with Gasteiger partial charge in [-0.25, -0.2) is 4.79 Å². The zero-order valence-electron chi connectivity index (χ0n) is 14.3. The minimum absolute atomic E-state index is 0.0283. The third kappa shape index (κ3) is 6.11. The average molecular weight is 398 g/mol. The third-order valence-electron chi connectivity index (χ3n) is 3.62. The van der Waals surface area contributed by atoms with E-state index >= 15 is 0 Å². The van der Waals surface area contributed by atoms with Crippen LogP contribution in [0.25, 0.3) is 0 Å². The molecule has 2 amide bonds. The van der Waals surface area contributed by atoms with E-state index in [0.29, 0.717) is 13.1 Å². The number of alkyl carbamates (subject to hydrolysis) is 1.